The van der Waals surface area contributed by atoms with Crippen LogP contribution in [0, 0.1) is 6.92 Å². The molecule has 0 spiro atoms. The van der Waals surface area contributed by atoms with Crippen molar-refractivity contribution in [1.29, 1.82) is 0 Å². The van der Waals surface area contributed by atoms with E-state index >= 15 is 0 Å². The van der Waals surface area contributed by atoms with E-state index < -0.39 is 34.1 Å². The zero-order valence-corrected chi connectivity index (χ0v) is 28.3. The number of nitrogens with zero attached hydrogens (tertiary/aromatic N) is 2. The molecule has 0 unspecified atom stereocenters. The second-order valence-electron chi connectivity index (χ2n) is 12.1. The molecule has 242 valence electrons. The summed E-state index contributed by atoms with van der Waals surface area (Å²) in [6, 6.07) is 28.5. The van der Waals surface area contributed by atoms with Crippen LogP contribution in [0.1, 0.15) is 37.5 Å². The van der Waals surface area contributed by atoms with E-state index in [1.807, 2.05) is 58.0 Å². The molecule has 4 aromatic rings. The van der Waals surface area contributed by atoms with E-state index in [0.29, 0.717) is 10.6 Å². The van der Waals surface area contributed by atoms with Gasteiger partial charge in [0.05, 0.1) is 17.7 Å². The SMILES string of the molecule is COc1ccc(C)cc1N(CC(=O)N(Cc1ccccc1Cl)[C@H](Cc1ccccc1)C(=O)NC(C)(C)C)S(=O)(=O)c1ccccc1. The number of rotatable bonds is 12. The molecule has 0 aliphatic carbocycles. The second-order valence-corrected chi connectivity index (χ2v) is 14.3. The molecule has 1 atom stereocenters. The average molecular weight is 662 g/mol. The summed E-state index contributed by atoms with van der Waals surface area (Å²) in [6.45, 7) is 6.79. The smallest absolute Gasteiger partial charge is 0.264 e. The van der Waals surface area contributed by atoms with Gasteiger partial charge in [-0.05, 0) is 74.7 Å². The number of halogens is 1. The van der Waals surface area contributed by atoms with Gasteiger partial charge in [0.15, 0.2) is 0 Å². The third-order valence-corrected chi connectivity index (χ3v) is 9.42. The maximum Gasteiger partial charge on any atom is 0.264 e. The Hall–Kier alpha value is -4.34. The van der Waals surface area contributed by atoms with Gasteiger partial charge in [0, 0.05) is 23.5 Å². The predicted octanol–water partition coefficient (Wildman–Crippen LogP) is 6.41. The first-order chi connectivity index (χ1) is 21.8. The predicted molar refractivity (Wildman–Crippen MR) is 183 cm³/mol. The molecule has 0 bridgehead atoms. The third kappa shape index (κ3) is 8.68. The van der Waals surface area contributed by atoms with Crippen molar-refractivity contribution in [3.05, 3.63) is 125 Å². The van der Waals surface area contributed by atoms with Crippen molar-refractivity contribution in [2.45, 2.75) is 57.1 Å². The molecule has 0 saturated carbocycles. The topological polar surface area (TPSA) is 96.0 Å². The second kappa shape index (κ2) is 14.8. The highest BCUT2D eigenvalue weighted by atomic mass is 35.5. The van der Waals surface area contributed by atoms with Gasteiger partial charge in [0.25, 0.3) is 10.0 Å². The van der Waals surface area contributed by atoms with Gasteiger partial charge >= 0.3 is 0 Å². The summed E-state index contributed by atoms with van der Waals surface area (Å²) < 4.78 is 35.2. The van der Waals surface area contributed by atoms with Gasteiger partial charge in [0.2, 0.25) is 11.8 Å². The van der Waals surface area contributed by atoms with Gasteiger partial charge in [-0.3, -0.25) is 13.9 Å². The van der Waals surface area contributed by atoms with Gasteiger partial charge in [-0.2, -0.15) is 0 Å². The number of benzene rings is 4. The number of nitrogens with one attached hydrogen (secondary N) is 1. The fraction of sp³-hybridized carbons (Fsp3) is 0.278. The standard InChI is InChI=1S/C36H40ClN3O5S/c1-26-20-21-33(45-5)31(22-26)40(46(43,44)29-17-10-7-11-18-29)25-34(41)39(24-28-16-12-13-19-30(28)37)32(35(42)38-36(2,3)4)23-27-14-8-6-9-15-27/h6-22,32H,23-25H2,1-5H3,(H,38,42)/t32-/m1/s1. The first kappa shape index (κ1) is 34.5. The summed E-state index contributed by atoms with van der Waals surface area (Å²) in [5.74, 6) is -0.683. The molecular formula is C36H40ClN3O5S. The normalized spacial score (nSPS) is 12.2. The largest absolute Gasteiger partial charge is 0.495 e. The summed E-state index contributed by atoms with van der Waals surface area (Å²) >= 11 is 6.57. The molecule has 4 aromatic carbocycles. The quantitative estimate of drug-likeness (QED) is 0.189. The van der Waals surface area contributed by atoms with Crippen LogP contribution < -0.4 is 14.4 Å². The van der Waals surface area contributed by atoms with E-state index in [1.54, 1.807) is 60.7 Å². The molecule has 2 amide bonds. The molecule has 4 rings (SSSR count). The molecule has 0 radical (unpaired) electrons. The molecule has 0 heterocycles. The summed E-state index contributed by atoms with van der Waals surface area (Å²) in [5, 5.41) is 3.44. The Kier molecular flexibility index (Phi) is 11.1. The zero-order valence-electron chi connectivity index (χ0n) is 26.7. The lowest BCUT2D eigenvalue weighted by molar-refractivity contribution is -0.140. The van der Waals surface area contributed by atoms with Crippen LogP contribution in [0.25, 0.3) is 0 Å². The number of amides is 2. The van der Waals surface area contributed by atoms with Gasteiger partial charge < -0.3 is 15.0 Å². The van der Waals surface area contributed by atoms with Crippen molar-refractivity contribution in [2.24, 2.45) is 0 Å². The Balaban J connectivity index is 1.87. The van der Waals surface area contributed by atoms with Crippen LogP contribution in [0.2, 0.25) is 5.02 Å². The minimum atomic E-state index is -4.27. The molecule has 10 heteroatoms. The number of anilines is 1. The van der Waals surface area contributed by atoms with Gasteiger partial charge in [0.1, 0.15) is 18.3 Å². The number of ether oxygens (including phenoxy) is 1. The monoisotopic (exact) mass is 661 g/mol. The summed E-state index contributed by atoms with van der Waals surface area (Å²) in [6.07, 6.45) is 0.193. The van der Waals surface area contributed by atoms with Gasteiger partial charge in [-0.15, -0.1) is 0 Å². The van der Waals surface area contributed by atoms with Crippen LogP contribution in [0.15, 0.2) is 108 Å². The Morgan fingerprint density at radius 3 is 2.11 bits per heavy atom. The van der Waals surface area contributed by atoms with Crippen molar-refractivity contribution in [3.63, 3.8) is 0 Å². The van der Waals surface area contributed by atoms with Gasteiger partial charge in [-0.1, -0.05) is 84.4 Å². The first-order valence-corrected chi connectivity index (χ1v) is 16.7. The molecule has 0 aromatic heterocycles. The maximum atomic E-state index is 14.7. The lowest BCUT2D eigenvalue weighted by atomic mass is 10.0. The average Bonchev–Trinajstić information content (AvgIpc) is 3.02. The van der Waals surface area contributed by atoms with Crippen LogP contribution in [0.3, 0.4) is 0 Å². The van der Waals surface area contributed by atoms with E-state index in [4.69, 9.17) is 16.3 Å². The molecule has 8 nitrogen and oxygen atoms in total. The molecule has 0 aliphatic heterocycles. The lowest BCUT2D eigenvalue weighted by Crippen LogP contribution is -2.56. The number of aryl methyl sites for hydroxylation is 1. The highest BCUT2D eigenvalue weighted by Gasteiger charge is 2.36. The summed E-state index contributed by atoms with van der Waals surface area (Å²) in [4.78, 5) is 30.1. The third-order valence-electron chi connectivity index (χ3n) is 7.28. The Morgan fingerprint density at radius 1 is 0.891 bits per heavy atom. The maximum absolute atomic E-state index is 14.7. The minimum Gasteiger partial charge on any atom is -0.495 e. The number of hydrogen-bond acceptors (Lipinski definition) is 5. The summed E-state index contributed by atoms with van der Waals surface area (Å²) in [7, 11) is -2.82. The highest BCUT2D eigenvalue weighted by molar-refractivity contribution is 7.92. The molecule has 1 N–H and O–H groups in total. The van der Waals surface area contributed by atoms with Crippen LogP contribution in [0.4, 0.5) is 5.69 Å². The van der Waals surface area contributed by atoms with E-state index in [9.17, 15) is 18.0 Å². The molecule has 0 saturated heterocycles. The number of carbonyl (C=O) groups excluding carboxylic acids is 2. The summed E-state index contributed by atoms with van der Waals surface area (Å²) in [5.41, 5.74) is 1.84. The van der Waals surface area contributed by atoms with Crippen LogP contribution in [-0.2, 0) is 32.6 Å². The fourth-order valence-electron chi connectivity index (χ4n) is 5.04. The molecule has 0 aliphatic rings. The minimum absolute atomic E-state index is 0.00956. The van der Waals surface area contributed by atoms with E-state index in [0.717, 1.165) is 15.4 Å². The Bertz CT molecular complexity index is 1760. The number of sulfonamides is 1. The van der Waals surface area contributed by atoms with Crippen molar-refractivity contribution in [1.82, 2.24) is 10.2 Å². The Morgan fingerprint density at radius 2 is 1.50 bits per heavy atom. The van der Waals surface area contributed by atoms with Crippen LogP contribution >= 0.6 is 11.6 Å². The molecule has 46 heavy (non-hydrogen) atoms. The van der Waals surface area contributed by atoms with Crippen LogP contribution in [0.5, 0.6) is 5.75 Å². The van der Waals surface area contributed by atoms with Crippen LogP contribution in [-0.4, -0.2) is 50.4 Å². The van der Waals surface area contributed by atoms with Crippen molar-refractivity contribution >= 4 is 39.1 Å². The van der Waals surface area contributed by atoms with E-state index in [-0.39, 0.29) is 35.2 Å². The van der Waals surface area contributed by atoms with Crippen molar-refractivity contribution in [3.8, 4) is 5.75 Å². The number of carbonyl (C=O) groups is 2. The molecule has 0 fully saturated rings. The van der Waals surface area contributed by atoms with E-state index in [2.05, 4.69) is 5.32 Å². The van der Waals surface area contributed by atoms with Gasteiger partial charge in [-0.25, -0.2) is 8.42 Å². The fourth-order valence-corrected chi connectivity index (χ4v) is 6.68. The number of hydrogen-bond donors (Lipinski definition) is 1. The zero-order chi connectivity index (χ0) is 33.5. The molecular weight excluding hydrogens is 622 g/mol. The Labute approximate surface area is 277 Å². The highest BCUT2D eigenvalue weighted by Crippen LogP contribution is 2.34. The number of methoxy groups -OCH3 is 1. The first-order valence-electron chi connectivity index (χ1n) is 14.9. The van der Waals surface area contributed by atoms with E-state index in [1.165, 1.54) is 24.1 Å². The van der Waals surface area contributed by atoms with Crippen molar-refractivity contribution in [2.75, 3.05) is 18.0 Å². The lowest BCUT2D eigenvalue weighted by Gasteiger charge is -2.35. The van der Waals surface area contributed by atoms with Crippen molar-refractivity contribution < 1.29 is 22.7 Å².